The molecule has 0 radical (unpaired) electrons. The molecular formula is C24H31BrClN3O4S. The van der Waals surface area contributed by atoms with E-state index >= 15 is 0 Å². The van der Waals surface area contributed by atoms with E-state index in [2.05, 4.69) is 21.2 Å². The van der Waals surface area contributed by atoms with E-state index in [1.807, 2.05) is 27.7 Å². The third kappa shape index (κ3) is 7.71. The summed E-state index contributed by atoms with van der Waals surface area (Å²) in [6.07, 6.45) is 1.05. The summed E-state index contributed by atoms with van der Waals surface area (Å²) >= 11 is 9.73. The van der Waals surface area contributed by atoms with E-state index in [0.717, 1.165) is 20.6 Å². The van der Waals surface area contributed by atoms with Gasteiger partial charge in [-0.25, -0.2) is 8.42 Å². The van der Waals surface area contributed by atoms with Gasteiger partial charge in [0.15, 0.2) is 0 Å². The Morgan fingerprint density at radius 1 is 1.15 bits per heavy atom. The van der Waals surface area contributed by atoms with E-state index in [9.17, 15) is 18.0 Å². The van der Waals surface area contributed by atoms with Crippen molar-refractivity contribution < 1.29 is 18.0 Å². The quantitative estimate of drug-likeness (QED) is 0.504. The van der Waals surface area contributed by atoms with E-state index in [1.54, 1.807) is 49.4 Å². The normalized spacial score (nSPS) is 12.7. The van der Waals surface area contributed by atoms with Gasteiger partial charge in [0, 0.05) is 21.6 Å². The van der Waals surface area contributed by atoms with Crippen LogP contribution in [-0.4, -0.2) is 49.5 Å². The molecule has 0 spiro atoms. The van der Waals surface area contributed by atoms with E-state index in [-0.39, 0.29) is 12.5 Å². The predicted octanol–water partition coefficient (Wildman–Crippen LogP) is 4.51. The highest BCUT2D eigenvalue weighted by atomic mass is 79.9. The molecular weight excluding hydrogens is 542 g/mol. The van der Waals surface area contributed by atoms with Crippen molar-refractivity contribution in [2.24, 2.45) is 0 Å². The van der Waals surface area contributed by atoms with Crippen LogP contribution in [0.25, 0.3) is 0 Å². The maximum absolute atomic E-state index is 13.5. The maximum atomic E-state index is 13.5. The second kappa shape index (κ2) is 11.1. The lowest BCUT2D eigenvalue weighted by Crippen LogP contribution is -2.54. The number of amides is 2. The Kier molecular flexibility index (Phi) is 9.18. The average Bonchev–Trinajstić information content (AvgIpc) is 2.70. The molecule has 0 heterocycles. The molecule has 2 rings (SSSR count). The second-order valence-electron chi connectivity index (χ2n) is 9.23. The van der Waals surface area contributed by atoms with Crippen molar-refractivity contribution in [1.29, 1.82) is 0 Å². The van der Waals surface area contributed by atoms with Gasteiger partial charge in [-0.3, -0.25) is 13.9 Å². The lowest BCUT2D eigenvalue weighted by atomic mass is 10.1. The molecule has 34 heavy (non-hydrogen) atoms. The minimum atomic E-state index is -3.79. The molecule has 7 nitrogen and oxygen atoms in total. The zero-order chi connectivity index (χ0) is 25.8. The molecule has 1 N–H and O–H groups in total. The zero-order valence-electron chi connectivity index (χ0n) is 20.2. The van der Waals surface area contributed by atoms with Crippen LogP contribution in [0.4, 0.5) is 5.69 Å². The fourth-order valence-electron chi connectivity index (χ4n) is 3.26. The number of carbonyl (C=O) groups is 2. The van der Waals surface area contributed by atoms with Crippen LogP contribution < -0.4 is 9.62 Å². The number of halogens is 2. The van der Waals surface area contributed by atoms with Gasteiger partial charge in [-0.05, 0) is 70.0 Å². The van der Waals surface area contributed by atoms with Gasteiger partial charge in [-0.1, -0.05) is 45.7 Å². The van der Waals surface area contributed by atoms with Crippen molar-refractivity contribution in [1.82, 2.24) is 10.2 Å². The standard InChI is InChI=1S/C24H31BrClN3O4S/c1-16-13-19(11-12-20(16)25)29(34(6,32)33)15-22(30)28(14-18-9-7-8-10-21(18)26)17(2)23(31)27-24(3,4)5/h7-13,17H,14-15H2,1-6H3,(H,27,31)/t17-/m0/s1. The highest BCUT2D eigenvalue weighted by molar-refractivity contribution is 9.10. The Morgan fingerprint density at radius 3 is 2.29 bits per heavy atom. The molecule has 0 saturated carbocycles. The summed E-state index contributed by atoms with van der Waals surface area (Å²) in [6, 6.07) is 11.2. The Morgan fingerprint density at radius 2 is 1.76 bits per heavy atom. The van der Waals surface area contributed by atoms with Crippen LogP contribution in [0.2, 0.25) is 5.02 Å². The van der Waals surface area contributed by atoms with Gasteiger partial charge < -0.3 is 10.2 Å². The van der Waals surface area contributed by atoms with Crippen LogP contribution >= 0.6 is 27.5 Å². The number of benzene rings is 2. The van der Waals surface area contributed by atoms with Crippen LogP contribution in [-0.2, 0) is 26.2 Å². The summed E-state index contributed by atoms with van der Waals surface area (Å²) in [4.78, 5) is 27.8. The van der Waals surface area contributed by atoms with E-state index in [4.69, 9.17) is 11.6 Å². The summed E-state index contributed by atoms with van der Waals surface area (Å²) in [7, 11) is -3.79. The van der Waals surface area contributed by atoms with Crippen molar-refractivity contribution in [3.05, 3.63) is 63.1 Å². The van der Waals surface area contributed by atoms with Crippen LogP contribution in [0.3, 0.4) is 0 Å². The summed E-state index contributed by atoms with van der Waals surface area (Å²) in [6.45, 7) is 8.58. The molecule has 0 fully saturated rings. The van der Waals surface area contributed by atoms with Crippen LogP contribution in [0.1, 0.15) is 38.8 Å². The first-order chi connectivity index (χ1) is 15.6. The Balaban J connectivity index is 2.44. The van der Waals surface area contributed by atoms with Gasteiger partial charge in [0.25, 0.3) is 0 Å². The fraction of sp³-hybridized carbons (Fsp3) is 0.417. The number of carbonyl (C=O) groups excluding carboxylic acids is 2. The third-order valence-corrected chi connectivity index (χ3v) is 7.47. The predicted molar refractivity (Wildman–Crippen MR) is 140 cm³/mol. The van der Waals surface area contributed by atoms with Gasteiger partial charge in [-0.15, -0.1) is 0 Å². The first-order valence-corrected chi connectivity index (χ1v) is 13.7. The van der Waals surface area contributed by atoms with E-state index < -0.39 is 34.1 Å². The van der Waals surface area contributed by atoms with Crippen molar-refractivity contribution in [2.45, 2.75) is 52.7 Å². The Hall–Kier alpha value is -2.10. The number of rotatable bonds is 8. The topological polar surface area (TPSA) is 86.8 Å². The molecule has 10 heteroatoms. The highest BCUT2D eigenvalue weighted by Gasteiger charge is 2.31. The number of sulfonamides is 1. The average molecular weight is 573 g/mol. The molecule has 2 aromatic carbocycles. The largest absolute Gasteiger partial charge is 0.350 e. The van der Waals surface area contributed by atoms with Crippen LogP contribution in [0, 0.1) is 6.92 Å². The smallest absolute Gasteiger partial charge is 0.244 e. The first-order valence-electron chi connectivity index (χ1n) is 10.7. The number of hydrogen-bond donors (Lipinski definition) is 1. The van der Waals surface area contributed by atoms with Gasteiger partial charge >= 0.3 is 0 Å². The molecule has 2 amide bonds. The van der Waals surface area contributed by atoms with Gasteiger partial charge in [-0.2, -0.15) is 0 Å². The van der Waals surface area contributed by atoms with Crippen LogP contribution in [0.15, 0.2) is 46.9 Å². The lowest BCUT2D eigenvalue weighted by molar-refractivity contribution is -0.140. The van der Waals surface area contributed by atoms with Crippen molar-refractivity contribution in [2.75, 3.05) is 17.1 Å². The molecule has 0 aliphatic rings. The minimum Gasteiger partial charge on any atom is -0.350 e. The summed E-state index contributed by atoms with van der Waals surface area (Å²) in [5.41, 5.74) is 1.34. The number of nitrogens with one attached hydrogen (secondary N) is 1. The Bertz CT molecular complexity index is 1170. The molecule has 0 aliphatic carbocycles. The van der Waals surface area contributed by atoms with Gasteiger partial charge in [0.1, 0.15) is 12.6 Å². The maximum Gasteiger partial charge on any atom is 0.244 e. The van der Waals surface area contributed by atoms with E-state index in [1.165, 1.54) is 4.90 Å². The van der Waals surface area contributed by atoms with Crippen molar-refractivity contribution in [3.8, 4) is 0 Å². The summed E-state index contributed by atoms with van der Waals surface area (Å²) in [5.74, 6) is -0.874. The van der Waals surface area contributed by atoms with Crippen molar-refractivity contribution in [3.63, 3.8) is 0 Å². The number of hydrogen-bond acceptors (Lipinski definition) is 4. The molecule has 0 aromatic heterocycles. The molecule has 186 valence electrons. The molecule has 0 unspecified atom stereocenters. The van der Waals surface area contributed by atoms with Crippen molar-refractivity contribution >= 4 is 55.1 Å². The van der Waals surface area contributed by atoms with Gasteiger partial charge in [0.05, 0.1) is 11.9 Å². The molecule has 0 saturated heterocycles. The SMILES string of the molecule is Cc1cc(N(CC(=O)N(Cc2ccccc2Cl)[C@@H](C)C(=O)NC(C)(C)C)S(C)(=O)=O)ccc1Br. The number of nitrogens with zero attached hydrogens (tertiary/aromatic N) is 2. The molecule has 2 aromatic rings. The van der Waals surface area contributed by atoms with E-state index in [0.29, 0.717) is 16.3 Å². The summed E-state index contributed by atoms with van der Waals surface area (Å²) < 4.78 is 27.1. The second-order valence-corrected chi connectivity index (χ2v) is 12.4. The molecule has 1 atom stereocenters. The monoisotopic (exact) mass is 571 g/mol. The first kappa shape index (κ1) is 28.1. The van der Waals surface area contributed by atoms with Gasteiger partial charge in [0.2, 0.25) is 21.8 Å². The fourth-order valence-corrected chi connectivity index (χ4v) is 4.55. The third-order valence-electron chi connectivity index (χ3n) is 5.07. The molecule has 0 bridgehead atoms. The lowest BCUT2D eigenvalue weighted by Gasteiger charge is -2.33. The molecule has 0 aliphatic heterocycles. The highest BCUT2D eigenvalue weighted by Crippen LogP contribution is 2.25. The zero-order valence-corrected chi connectivity index (χ0v) is 23.4. The summed E-state index contributed by atoms with van der Waals surface area (Å²) in [5, 5.41) is 3.33. The van der Waals surface area contributed by atoms with Crippen LogP contribution in [0.5, 0.6) is 0 Å². The number of anilines is 1. The minimum absolute atomic E-state index is 0.0498. The Labute approximate surface area is 215 Å². The number of aryl methyl sites for hydroxylation is 1.